The van der Waals surface area contributed by atoms with Crippen LogP contribution < -0.4 is 5.32 Å². The Morgan fingerprint density at radius 1 is 1.22 bits per heavy atom. The second-order valence-electron chi connectivity index (χ2n) is 6.74. The Bertz CT molecular complexity index is 597. The summed E-state index contributed by atoms with van der Waals surface area (Å²) in [6.45, 7) is 4.41. The highest BCUT2D eigenvalue weighted by atomic mass is 14.9. The monoisotopic (exact) mass is 311 g/mol. The minimum Gasteiger partial charge on any atom is -0.386 e. The van der Waals surface area contributed by atoms with Crippen molar-refractivity contribution in [1.82, 2.24) is 10.3 Å². The Morgan fingerprint density at radius 3 is 2.61 bits per heavy atom. The van der Waals surface area contributed by atoms with Crippen LogP contribution in [0.15, 0.2) is 46.4 Å². The number of nitrogens with zero attached hydrogens (tertiary/aromatic N) is 1. The van der Waals surface area contributed by atoms with Crippen molar-refractivity contribution in [3.63, 3.8) is 0 Å². The Morgan fingerprint density at radius 2 is 1.96 bits per heavy atom. The lowest BCUT2D eigenvalue weighted by Crippen LogP contribution is -2.25. The zero-order valence-corrected chi connectivity index (χ0v) is 14.5. The lowest BCUT2D eigenvalue weighted by atomic mass is 9.97. The van der Waals surface area contributed by atoms with Crippen molar-refractivity contribution in [3.05, 3.63) is 47.1 Å². The molecule has 1 aliphatic heterocycles. The Labute approximate surface area is 140 Å². The first-order valence-electron chi connectivity index (χ1n) is 9.18. The zero-order valence-electron chi connectivity index (χ0n) is 14.5. The molecular weight excluding hydrogens is 282 g/mol. The molecule has 1 aromatic heterocycles. The number of aromatic nitrogens is 1. The van der Waals surface area contributed by atoms with Crippen molar-refractivity contribution >= 4 is 5.71 Å². The van der Waals surface area contributed by atoms with Gasteiger partial charge in [-0.3, -0.25) is 0 Å². The van der Waals surface area contributed by atoms with Gasteiger partial charge >= 0.3 is 0 Å². The van der Waals surface area contributed by atoms with Crippen molar-refractivity contribution in [2.75, 3.05) is 0 Å². The standard InChI is InChI=1S/C20H29N3/c1-3-17-15(2)19(23-20(17)18-12-9-13-21-18)14-22-16-10-7-5-4-6-8-11-16/h9,12-14,16,21-22H,3-8,10-11H2,1-2H3/b19-14+. The van der Waals surface area contributed by atoms with Crippen LogP contribution in [0.5, 0.6) is 0 Å². The van der Waals surface area contributed by atoms with Crippen LogP contribution in [-0.4, -0.2) is 16.7 Å². The largest absolute Gasteiger partial charge is 0.386 e. The minimum atomic E-state index is 0.616. The summed E-state index contributed by atoms with van der Waals surface area (Å²) in [6.07, 6.45) is 14.6. The van der Waals surface area contributed by atoms with Crippen LogP contribution in [-0.2, 0) is 0 Å². The van der Waals surface area contributed by atoms with Crippen molar-refractivity contribution in [1.29, 1.82) is 0 Å². The molecule has 2 N–H and O–H groups in total. The highest BCUT2D eigenvalue weighted by molar-refractivity contribution is 6.14. The van der Waals surface area contributed by atoms with Gasteiger partial charge in [-0.2, -0.15) is 0 Å². The Balaban J connectivity index is 1.75. The van der Waals surface area contributed by atoms with E-state index in [1.165, 1.54) is 56.1 Å². The number of rotatable bonds is 4. The number of aromatic amines is 1. The van der Waals surface area contributed by atoms with Gasteiger partial charge in [-0.1, -0.05) is 39.0 Å². The maximum Gasteiger partial charge on any atom is 0.0907 e. The predicted octanol–water partition coefficient (Wildman–Crippen LogP) is 5.09. The molecule has 0 radical (unpaired) electrons. The van der Waals surface area contributed by atoms with Crippen LogP contribution >= 0.6 is 0 Å². The van der Waals surface area contributed by atoms with Crippen LogP contribution in [0.25, 0.3) is 0 Å². The molecule has 0 amide bonds. The van der Waals surface area contributed by atoms with Gasteiger partial charge in [0, 0.05) is 18.4 Å². The molecule has 0 aromatic carbocycles. The van der Waals surface area contributed by atoms with E-state index < -0.39 is 0 Å². The van der Waals surface area contributed by atoms with Crippen LogP contribution in [0.4, 0.5) is 0 Å². The number of allylic oxidation sites excluding steroid dienone is 2. The maximum absolute atomic E-state index is 4.90. The van der Waals surface area contributed by atoms with E-state index in [0.717, 1.165) is 23.5 Å². The van der Waals surface area contributed by atoms with E-state index in [0.29, 0.717) is 6.04 Å². The highest BCUT2D eigenvalue weighted by Gasteiger charge is 2.21. The van der Waals surface area contributed by atoms with Crippen LogP contribution in [0.1, 0.15) is 70.9 Å². The third-order valence-electron chi connectivity index (χ3n) is 5.12. The first-order valence-corrected chi connectivity index (χ1v) is 9.18. The normalized spacial score (nSPS) is 22.2. The van der Waals surface area contributed by atoms with Gasteiger partial charge in [0.1, 0.15) is 0 Å². The third-order valence-corrected chi connectivity index (χ3v) is 5.12. The molecule has 0 saturated heterocycles. The Hall–Kier alpha value is -1.77. The van der Waals surface area contributed by atoms with E-state index in [1.54, 1.807) is 0 Å². The number of aliphatic imine (C=N–C) groups is 1. The van der Waals surface area contributed by atoms with Gasteiger partial charge in [0.15, 0.2) is 0 Å². The van der Waals surface area contributed by atoms with Gasteiger partial charge in [-0.15, -0.1) is 0 Å². The fourth-order valence-electron chi connectivity index (χ4n) is 3.70. The van der Waals surface area contributed by atoms with Crippen LogP contribution in [0.3, 0.4) is 0 Å². The third kappa shape index (κ3) is 3.77. The summed E-state index contributed by atoms with van der Waals surface area (Å²) in [7, 11) is 0. The van der Waals surface area contributed by atoms with E-state index in [4.69, 9.17) is 4.99 Å². The van der Waals surface area contributed by atoms with Gasteiger partial charge in [-0.05, 0) is 49.5 Å². The molecule has 3 nitrogen and oxygen atoms in total. The Kier molecular flexibility index (Phi) is 5.37. The first kappa shape index (κ1) is 16.1. The molecule has 0 unspecified atom stereocenters. The van der Waals surface area contributed by atoms with E-state index in [2.05, 4.69) is 36.4 Å². The van der Waals surface area contributed by atoms with Gasteiger partial charge in [0.2, 0.25) is 0 Å². The van der Waals surface area contributed by atoms with Gasteiger partial charge in [0.25, 0.3) is 0 Å². The molecule has 0 atom stereocenters. The first-order chi connectivity index (χ1) is 11.3. The molecule has 1 saturated carbocycles. The molecule has 2 aliphatic rings. The van der Waals surface area contributed by atoms with Crippen molar-refractivity contribution in [2.24, 2.45) is 4.99 Å². The van der Waals surface area contributed by atoms with Gasteiger partial charge < -0.3 is 10.3 Å². The summed E-state index contributed by atoms with van der Waals surface area (Å²) in [6, 6.07) is 4.76. The number of H-pyrrole nitrogens is 1. The number of hydrogen-bond donors (Lipinski definition) is 2. The molecule has 0 bridgehead atoms. The maximum atomic E-state index is 4.90. The average molecular weight is 311 g/mol. The van der Waals surface area contributed by atoms with Crippen molar-refractivity contribution < 1.29 is 0 Å². The van der Waals surface area contributed by atoms with E-state index in [1.807, 2.05) is 12.3 Å². The predicted molar refractivity (Wildman–Crippen MR) is 97.6 cm³/mol. The summed E-state index contributed by atoms with van der Waals surface area (Å²) < 4.78 is 0. The molecule has 1 fully saturated rings. The fraction of sp³-hybridized carbons (Fsp3) is 0.550. The number of nitrogens with one attached hydrogen (secondary N) is 2. The van der Waals surface area contributed by atoms with Gasteiger partial charge in [-0.25, -0.2) is 4.99 Å². The molecular formula is C20H29N3. The number of hydrogen-bond acceptors (Lipinski definition) is 2. The SMILES string of the molecule is CCC1=C(C)/C(=C\NC2CCCCCCC2)N=C1c1ccc[nH]1. The molecule has 1 aromatic rings. The fourth-order valence-corrected chi connectivity index (χ4v) is 3.70. The quantitative estimate of drug-likeness (QED) is 0.799. The smallest absolute Gasteiger partial charge is 0.0907 e. The molecule has 1 aliphatic carbocycles. The van der Waals surface area contributed by atoms with Crippen LogP contribution in [0, 0.1) is 0 Å². The topological polar surface area (TPSA) is 40.2 Å². The summed E-state index contributed by atoms with van der Waals surface area (Å²) in [5, 5.41) is 3.66. The lowest BCUT2D eigenvalue weighted by Gasteiger charge is -2.20. The summed E-state index contributed by atoms with van der Waals surface area (Å²) in [5.74, 6) is 0. The molecule has 2 heterocycles. The van der Waals surface area contributed by atoms with Crippen molar-refractivity contribution in [3.8, 4) is 0 Å². The molecule has 0 spiro atoms. The average Bonchev–Trinajstić information content (AvgIpc) is 3.14. The molecule has 3 heteroatoms. The lowest BCUT2D eigenvalue weighted by molar-refractivity contribution is 0.419. The van der Waals surface area contributed by atoms with E-state index >= 15 is 0 Å². The van der Waals surface area contributed by atoms with Crippen LogP contribution in [0.2, 0.25) is 0 Å². The zero-order chi connectivity index (χ0) is 16.1. The molecule has 23 heavy (non-hydrogen) atoms. The van der Waals surface area contributed by atoms with Crippen molar-refractivity contribution in [2.45, 2.75) is 71.3 Å². The minimum absolute atomic E-state index is 0.616. The summed E-state index contributed by atoms with van der Waals surface area (Å²) >= 11 is 0. The van der Waals surface area contributed by atoms with E-state index in [9.17, 15) is 0 Å². The van der Waals surface area contributed by atoms with Gasteiger partial charge in [0.05, 0.1) is 17.1 Å². The second-order valence-corrected chi connectivity index (χ2v) is 6.74. The highest BCUT2D eigenvalue weighted by Crippen LogP contribution is 2.29. The molecule has 124 valence electrons. The summed E-state index contributed by atoms with van der Waals surface area (Å²) in [4.78, 5) is 8.19. The summed E-state index contributed by atoms with van der Waals surface area (Å²) in [5.41, 5.74) is 6.01. The molecule has 3 rings (SSSR count). The second kappa shape index (κ2) is 7.67. The van der Waals surface area contributed by atoms with E-state index in [-0.39, 0.29) is 0 Å².